The highest BCUT2D eigenvalue weighted by Gasteiger charge is 2.14. The van der Waals surface area contributed by atoms with Gasteiger partial charge < -0.3 is 5.73 Å². The van der Waals surface area contributed by atoms with Crippen molar-refractivity contribution in [1.29, 1.82) is 5.26 Å². The molecule has 0 bridgehead atoms. The minimum absolute atomic E-state index is 0.255. The minimum Gasteiger partial charge on any atom is -0.383 e. The van der Waals surface area contributed by atoms with E-state index in [0.717, 1.165) is 27.9 Å². The van der Waals surface area contributed by atoms with E-state index in [0.29, 0.717) is 11.5 Å². The van der Waals surface area contributed by atoms with Crippen LogP contribution in [0.5, 0.6) is 0 Å². The molecule has 2 N–H and O–H groups in total. The molecule has 0 amide bonds. The lowest BCUT2D eigenvalue weighted by Gasteiger charge is -2.12. The van der Waals surface area contributed by atoms with Gasteiger partial charge in [0.2, 0.25) is 0 Å². The maximum Gasteiger partial charge on any atom is 0.142 e. The van der Waals surface area contributed by atoms with Gasteiger partial charge in [-0.15, -0.1) is 0 Å². The summed E-state index contributed by atoms with van der Waals surface area (Å²) < 4.78 is 0. The molecule has 146 valence electrons. The number of hydrogen-bond acceptors (Lipinski definition) is 3. The third kappa shape index (κ3) is 3.81. The molecule has 0 saturated heterocycles. The van der Waals surface area contributed by atoms with Crippen molar-refractivity contribution < 1.29 is 0 Å². The summed E-state index contributed by atoms with van der Waals surface area (Å²) in [6, 6.07) is 31.0. The van der Waals surface area contributed by atoms with Gasteiger partial charge in [-0.05, 0) is 34.2 Å². The molecule has 0 atom stereocenters. The lowest BCUT2D eigenvalue weighted by atomic mass is 9.95. The zero-order chi connectivity index (χ0) is 21.1. The summed E-state index contributed by atoms with van der Waals surface area (Å²) in [5, 5.41) is 9.66. The van der Waals surface area contributed by atoms with Gasteiger partial charge in [-0.3, -0.25) is 0 Å². The van der Waals surface area contributed by atoms with E-state index in [9.17, 15) is 5.26 Å². The highest BCUT2D eigenvalue weighted by molar-refractivity contribution is 5.80. The van der Waals surface area contributed by atoms with Crippen LogP contribution in [0.25, 0.3) is 33.5 Å². The molecule has 0 saturated carbocycles. The van der Waals surface area contributed by atoms with Crippen molar-refractivity contribution in [3.8, 4) is 39.6 Å². The van der Waals surface area contributed by atoms with E-state index >= 15 is 0 Å². The molecular formula is C27H23N3. The average Bonchev–Trinajstić information content (AvgIpc) is 2.79. The Morgan fingerprint density at radius 3 is 1.93 bits per heavy atom. The van der Waals surface area contributed by atoms with Crippen molar-refractivity contribution in [2.45, 2.75) is 19.8 Å². The predicted octanol–water partition coefficient (Wildman–Crippen LogP) is 6.66. The van der Waals surface area contributed by atoms with E-state index in [1.165, 1.54) is 11.1 Å². The first-order valence-corrected chi connectivity index (χ1v) is 10.0. The second kappa shape index (κ2) is 8.23. The van der Waals surface area contributed by atoms with E-state index in [-0.39, 0.29) is 5.82 Å². The van der Waals surface area contributed by atoms with Gasteiger partial charge in [0.1, 0.15) is 17.5 Å². The number of benzene rings is 3. The third-order valence-corrected chi connectivity index (χ3v) is 5.34. The van der Waals surface area contributed by atoms with Crippen LogP contribution in [0.2, 0.25) is 0 Å². The second-order valence-electron chi connectivity index (χ2n) is 7.65. The van der Waals surface area contributed by atoms with Gasteiger partial charge in [0.15, 0.2) is 0 Å². The lowest BCUT2D eigenvalue weighted by molar-refractivity contribution is 0.867. The van der Waals surface area contributed by atoms with Crippen molar-refractivity contribution in [3.05, 3.63) is 96.1 Å². The fraction of sp³-hybridized carbons (Fsp3) is 0.111. The summed E-state index contributed by atoms with van der Waals surface area (Å²) in [4.78, 5) is 4.50. The van der Waals surface area contributed by atoms with Crippen LogP contribution in [0.3, 0.4) is 0 Å². The van der Waals surface area contributed by atoms with Crippen LogP contribution in [0.1, 0.15) is 30.9 Å². The zero-order valence-corrected chi connectivity index (χ0v) is 17.1. The Morgan fingerprint density at radius 1 is 0.767 bits per heavy atom. The molecule has 0 spiro atoms. The van der Waals surface area contributed by atoms with Crippen LogP contribution in [-0.4, -0.2) is 4.98 Å². The maximum atomic E-state index is 9.66. The number of rotatable bonds is 4. The summed E-state index contributed by atoms with van der Waals surface area (Å²) in [7, 11) is 0. The van der Waals surface area contributed by atoms with Gasteiger partial charge >= 0.3 is 0 Å². The Bertz CT molecular complexity index is 1200. The average molecular weight is 390 g/mol. The molecule has 3 heteroatoms. The van der Waals surface area contributed by atoms with Crippen molar-refractivity contribution in [2.75, 3.05) is 5.73 Å². The highest BCUT2D eigenvalue weighted by atomic mass is 14.8. The first-order valence-electron chi connectivity index (χ1n) is 10.0. The van der Waals surface area contributed by atoms with E-state index in [4.69, 9.17) is 5.73 Å². The van der Waals surface area contributed by atoms with Crippen LogP contribution < -0.4 is 5.73 Å². The number of pyridine rings is 1. The Kier molecular flexibility index (Phi) is 5.32. The molecule has 0 aliphatic heterocycles. The molecule has 0 fully saturated rings. The number of hydrogen-bond donors (Lipinski definition) is 1. The summed E-state index contributed by atoms with van der Waals surface area (Å²) in [5.74, 6) is 0.709. The SMILES string of the molecule is CC(C)c1ccc(-c2cc(-c3ccc(-c4ccccc4)cc3)nc(N)c2C#N)cc1. The van der Waals surface area contributed by atoms with Crippen LogP contribution >= 0.6 is 0 Å². The molecular weight excluding hydrogens is 366 g/mol. The van der Waals surface area contributed by atoms with Gasteiger partial charge in [0.25, 0.3) is 0 Å². The number of nitriles is 1. The van der Waals surface area contributed by atoms with E-state index in [1.807, 2.05) is 48.5 Å². The molecule has 0 aliphatic rings. The third-order valence-electron chi connectivity index (χ3n) is 5.34. The van der Waals surface area contributed by atoms with Gasteiger partial charge in [-0.1, -0.05) is 92.7 Å². The first-order chi connectivity index (χ1) is 14.6. The molecule has 0 radical (unpaired) electrons. The lowest BCUT2D eigenvalue weighted by Crippen LogP contribution is -2.00. The van der Waals surface area contributed by atoms with E-state index in [1.54, 1.807) is 0 Å². The van der Waals surface area contributed by atoms with Gasteiger partial charge in [-0.2, -0.15) is 5.26 Å². The molecule has 0 unspecified atom stereocenters. The fourth-order valence-electron chi connectivity index (χ4n) is 3.57. The normalized spacial score (nSPS) is 10.7. The number of anilines is 1. The Hall–Kier alpha value is -3.90. The Morgan fingerprint density at radius 2 is 1.33 bits per heavy atom. The standard InChI is InChI=1S/C27H23N3/c1-18(2)19-8-12-22(13-9-19)24-16-26(30-27(29)25(24)17-28)23-14-10-21(11-15-23)20-6-4-3-5-7-20/h3-16,18H,1-2H3,(H2,29,30). The van der Waals surface area contributed by atoms with Crippen molar-refractivity contribution >= 4 is 5.82 Å². The molecule has 0 aliphatic carbocycles. The first kappa shape index (κ1) is 19.4. The smallest absolute Gasteiger partial charge is 0.142 e. The Labute approximate surface area is 177 Å². The summed E-state index contributed by atoms with van der Waals surface area (Å²) >= 11 is 0. The molecule has 1 aromatic heterocycles. The van der Waals surface area contributed by atoms with Gasteiger partial charge in [0.05, 0.1) is 5.69 Å². The van der Waals surface area contributed by atoms with Crippen LogP contribution in [-0.2, 0) is 0 Å². The summed E-state index contributed by atoms with van der Waals surface area (Å²) in [5.41, 5.74) is 13.7. The van der Waals surface area contributed by atoms with E-state index < -0.39 is 0 Å². The Balaban J connectivity index is 1.76. The molecule has 30 heavy (non-hydrogen) atoms. The monoisotopic (exact) mass is 389 g/mol. The second-order valence-corrected chi connectivity index (χ2v) is 7.65. The fourth-order valence-corrected chi connectivity index (χ4v) is 3.57. The maximum absolute atomic E-state index is 9.66. The number of aromatic nitrogens is 1. The molecule has 4 rings (SSSR count). The molecule has 4 aromatic rings. The minimum atomic E-state index is 0.255. The molecule has 3 nitrogen and oxygen atoms in total. The predicted molar refractivity (Wildman–Crippen MR) is 124 cm³/mol. The number of nitrogens with zero attached hydrogens (tertiary/aromatic N) is 2. The largest absolute Gasteiger partial charge is 0.383 e. The highest BCUT2D eigenvalue weighted by Crippen LogP contribution is 2.32. The quantitative estimate of drug-likeness (QED) is 0.424. The number of nitrogen functional groups attached to an aromatic ring is 1. The van der Waals surface area contributed by atoms with E-state index in [2.05, 4.69) is 61.3 Å². The van der Waals surface area contributed by atoms with Crippen molar-refractivity contribution in [3.63, 3.8) is 0 Å². The van der Waals surface area contributed by atoms with Crippen LogP contribution in [0.15, 0.2) is 84.9 Å². The van der Waals surface area contributed by atoms with Gasteiger partial charge in [-0.25, -0.2) is 4.98 Å². The van der Waals surface area contributed by atoms with Crippen LogP contribution in [0, 0.1) is 11.3 Å². The number of nitrogens with two attached hydrogens (primary N) is 1. The van der Waals surface area contributed by atoms with Crippen molar-refractivity contribution in [2.24, 2.45) is 0 Å². The van der Waals surface area contributed by atoms with Crippen molar-refractivity contribution in [1.82, 2.24) is 4.98 Å². The zero-order valence-electron chi connectivity index (χ0n) is 17.1. The molecule has 3 aromatic carbocycles. The topological polar surface area (TPSA) is 62.7 Å². The summed E-state index contributed by atoms with van der Waals surface area (Å²) in [6.45, 7) is 4.33. The van der Waals surface area contributed by atoms with Crippen LogP contribution in [0.4, 0.5) is 5.82 Å². The van der Waals surface area contributed by atoms with Gasteiger partial charge in [0, 0.05) is 11.1 Å². The summed E-state index contributed by atoms with van der Waals surface area (Å²) in [6.07, 6.45) is 0. The molecule has 1 heterocycles.